The lowest BCUT2D eigenvalue weighted by Crippen LogP contribution is -2.46. The van der Waals surface area contributed by atoms with Crippen LogP contribution >= 0.6 is 11.3 Å². The minimum atomic E-state index is -0.205. The summed E-state index contributed by atoms with van der Waals surface area (Å²) in [6.07, 6.45) is 4.52. The molecule has 1 amide bonds. The minimum absolute atomic E-state index is 0.124. The lowest BCUT2D eigenvalue weighted by atomic mass is 9.88. The van der Waals surface area contributed by atoms with Gasteiger partial charge in [-0.05, 0) is 56.1 Å². The summed E-state index contributed by atoms with van der Waals surface area (Å²) in [7, 11) is 0. The molecule has 2 aliphatic heterocycles. The molecule has 3 nitrogen and oxygen atoms in total. The number of thiophene rings is 1. The molecule has 0 saturated carbocycles. The van der Waals surface area contributed by atoms with Crippen LogP contribution in [0.2, 0.25) is 0 Å². The number of amides is 1. The molecule has 1 aromatic heterocycles. The number of halogens is 1. The highest BCUT2D eigenvalue weighted by molar-refractivity contribution is 7.13. The first-order valence-electron chi connectivity index (χ1n) is 9.50. The van der Waals surface area contributed by atoms with Gasteiger partial charge in [-0.1, -0.05) is 25.0 Å². The van der Waals surface area contributed by atoms with E-state index in [4.69, 9.17) is 0 Å². The number of likely N-dealkylation sites (tertiary alicyclic amines) is 1. The first-order chi connectivity index (χ1) is 12.6. The van der Waals surface area contributed by atoms with Crippen LogP contribution in [0, 0.1) is 12.7 Å². The number of rotatable bonds is 2. The van der Waals surface area contributed by atoms with Crippen molar-refractivity contribution < 1.29 is 9.18 Å². The van der Waals surface area contributed by atoms with Crippen LogP contribution in [0.1, 0.15) is 51.7 Å². The zero-order chi connectivity index (χ0) is 18.1. The molecular formula is C21H25FN2OS. The number of benzene rings is 1. The van der Waals surface area contributed by atoms with Gasteiger partial charge in [0.1, 0.15) is 5.82 Å². The van der Waals surface area contributed by atoms with Crippen LogP contribution in [0.5, 0.6) is 0 Å². The first kappa shape index (κ1) is 17.7. The lowest BCUT2D eigenvalue weighted by molar-refractivity contribution is 0.0718. The Kier molecular flexibility index (Phi) is 5.09. The van der Waals surface area contributed by atoms with Gasteiger partial charge in [0.25, 0.3) is 5.91 Å². The predicted octanol–water partition coefficient (Wildman–Crippen LogP) is 4.34. The van der Waals surface area contributed by atoms with E-state index in [0.29, 0.717) is 6.54 Å². The van der Waals surface area contributed by atoms with E-state index in [-0.39, 0.29) is 29.7 Å². The largest absolute Gasteiger partial charge is 0.333 e. The molecule has 138 valence electrons. The number of fused-ring (bicyclic) bond motifs is 1. The highest BCUT2D eigenvalue weighted by atomic mass is 32.1. The molecule has 4 rings (SSSR count). The highest BCUT2D eigenvalue weighted by Crippen LogP contribution is 2.37. The fourth-order valence-corrected chi connectivity index (χ4v) is 5.26. The summed E-state index contributed by atoms with van der Waals surface area (Å²) in [5, 5.41) is 3.68. The number of nitrogens with zero attached hydrogens (tertiary/aromatic N) is 1. The number of aryl methyl sites for hydroxylation is 1. The normalized spacial score (nSPS) is 26.2. The molecule has 26 heavy (non-hydrogen) atoms. The van der Waals surface area contributed by atoms with E-state index in [1.807, 2.05) is 30.0 Å². The zero-order valence-corrected chi connectivity index (χ0v) is 15.9. The van der Waals surface area contributed by atoms with Gasteiger partial charge in [-0.25, -0.2) is 4.39 Å². The maximum absolute atomic E-state index is 13.8. The molecule has 0 unspecified atom stereocenters. The molecular weight excluding hydrogens is 347 g/mol. The minimum Gasteiger partial charge on any atom is -0.333 e. The Morgan fingerprint density at radius 3 is 2.88 bits per heavy atom. The zero-order valence-electron chi connectivity index (χ0n) is 15.1. The molecule has 0 aliphatic carbocycles. The van der Waals surface area contributed by atoms with Crippen LogP contribution in [0.25, 0.3) is 0 Å². The fourth-order valence-electron chi connectivity index (χ4n) is 4.44. The number of carbonyl (C=O) groups excluding carboxylic acids is 1. The van der Waals surface area contributed by atoms with Crippen molar-refractivity contribution in [2.45, 2.75) is 50.6 Å². The number of hydrogen-bond donors (Lipinski definition) is 1. The van der Waals surface area contributed by atoms with Crippen LogP contribution in [0.4, 0.5) is 4.39 Å². The Labute approximate surface area is 158 Å². The van der Waals surface area contributed by atoms with E-state index in [9.17, 15) is 9.18 Å². The maximum atomic E-state index is 13.8. The molecule has 2 fully saturated rings. The van der Waals surface area contributed by atoms with Gasteiger partial charge < -0.3 is 10.2 Å². The fraction of sp³-hybridized carbons (Fsp3) is 0.476. The van der Waals surface area contributed by atoms with Crippen molar-refractivity contribution in [1.29, 1.82) is 0 Å². The quantitative estimate of drug-likeness (QED) is 0.851. The Morgan fingerprint density at radius 1 is 1.23 bits per heavy atom. The summed E-state index contributed by atoms with van der Waals surface area (Å²) < 4.78 is 13.8. The molecule has 3 atom stereocenters. The van der Waals surface area contributed by atoms with Gasteiger partial charge in [0.15, 0.2) is 0 Å². The molecule has 2 aromatic rings. The standard InChI is InChI=1S/C21H25FN2OS/c1-14-9-10-19(26-14)21(25)24-13-17(15-6-5-7-16(22)12-15)20-18(24)8-3-2-4-11-23-20/h5-7,9-10,12,17-18,20,23H,2-4,8,11,13H2,1H3/t17-,18+,20-/m0/s1. The van der Waals surface area contributed by atoms with E-state index in [0.717, 1.165) is 41.1 Å². The van der Waals surface area contributed by atoms with Crippen molar-refractivity contribution in [3.05, 3.63) is 57.5 Å². The van der Waals surface area contributed by atoms with Crippen molar-refractivity contribution in [2.75, 3.05) is 13.1 Å². The molecule has 3 heterocycles. The summed E-state index contributed by atoms with van der Waals surface area (Å²) in [6, 6.07) is 11.2. The average molecular weight is 373 g/mol. The Hall–Kier alpha value is -1.72. The van der Waals surface area contributed by atoms with E-state index < -0.39 is 0 Å². The second kappa shape index (κ2) is 7.49. The highest BCUT2D eigenvalue weighted by Gasteiger charge is 2.44. The summed E-state index contributed by atoms with van der Waals surface area (Å²) in [5.74, 6) is 0.0572. The van der Waals surface area contributed by atoms with Gasteiger partial charge in [0.2, 0.25) is 0 Å². The van der Waals surface area contributed by atoms with E-state index in [2.05, 4.69) is 5.32 Å². The van der Waals surface area contributed by atoms with Crippen molar-refractivity contribution >= 4 is 17.2 Å². The summed E-state index contributed by atoms with van der Waals surface area (Å²) in [6.45, 7) is 3.65. The second-order valence-corrected chi connectivity index (χ2v) is 8.71. The van der Waals surface area contributed by atoms with Crippen molar-refractivity contribution in [1.82, 2.24) is 10.2 Å². The van der Waals surface area contributed by atoms with Gasteiger partial charge in [0, 0.05) is 29.4 Å². The predicted molar refractivity (Wildman–Crippen MR) is 103 cm³/mol. The summed E-state index contributed by atoms with van der Waals surface area (Å²) in [4.78, 5) is 17.2. The number of carbonyl (C=O) groups is 1. The second-order valence-electron chi connectivity index (χ2n) is 7.43. The van der Waals surface area contributed by atoms with Gasteiger partial charge in [-0.15, -0.1) is 11.3 Å². The van der Waals surface area contributed by atoms with Gasteiger partial charge >= 0.3 is 0 Å². The maximum Gasteiger partial charge on any atom is 0.264 e. The summed E-state index contributed by atoms with van der Waals surface area (Å²) >= 11 is 1.56. The molecule has 2 aliphatic rings. The van der Waals surface area contributed by atoms with Gasteiger partial charge in [-0.3, -0.25) is 4.79 Å². The summed E-state index contributed by atoms with van der Waals surface area (Å²) in [5.41, 5.74) is 0.991. The molecule has 2 saturated heterocycles. The monoisotopic (exact) mass is 372 g/mol. The SMILES string of the molecule is Cc1ccc(C(=O)N2C[C@@H](c3cccc(F)c3)[C@@H]3NCCCCC[C@H]32)s1. The van der Waals surface area contributed by atoms with Crippen molar-refractivity contribution in [3.8, 4) is 0 Å². The molecule has 0 radical (unpaired) electrons. The molecule has 0 spiro atoms. The number of nitrogens with one attached hydrogen (secondary N) is 1. The van der Waals surface area contributed by atoms with Crippen LogP contribution in [-0.2, 0) is 0 Å². The van der Waals surface area contributed by atoms with Gasteiger partial charge in [-0.2, -0.15) is 0 Å². The van der Waals surface area contributed by atoms with E-state index >= 15 is 0 Å². The Balaban J connectivity index is 1.66. The van der Waals surface area contributed by atoms with E-state index in [1.54, 1.807) is 23.5 Å². The third-order valence-electron chi connectivity index (χ3n) is 5.69. The topological polar surface area (TPSA) is 32.3 Å². The molecule has 1 N–H and O–H groups in total. The van der Waals surface area contributed by atoms with Crippen molar-refractivity contribution in [3.63, 3.8) is 0 Å². The molecule has 0 bridgehead atoms. The molecule has 1 aromatic carbocycles. The Morgan fingerprint density at radius 2 is 2.12 bits per heavy atom. The number of hydrogen-bond acceptors (Lipinski definition) is 3. The third kappa shape index (κ3) is 3.42. The smallest absolute Gasteiger partial charge is 0.264 e. The lowest BCUT2D eigenvalue weighted by Gasteiger charge is -2.31. The van der Waals surface area contributed by atoms with Crippen LogP contribution < -0.4 is 5.32 Å². The molecule has 5 heteroatoms. The van der Waals surface area contributed by atoms with Crippen molar-refractivity contribution in [2.24, 2.45) is 0 Å². The third-order valence-corrected chi connectivity index (χ3v) is 6.68. The Bertz CT molecular complexity index is 790. The van der Waals surface area contributed by atoms with E-state index in [1.165, 1.54) is 12.5 Å². The average Bonchev–Trinajstić information content (AvgIpc) is 3.18. The first-order valence-corrected chi connectivity index (χ1v) is 10.3. The van der Waals surface area contributed by atoms with Gasteiger partial charge in [0.05, 0.1) is 4.88 Å². The van der Waals surface area contributed by atoms with Crippen LogP contribution in [0.3, 0.4) is 0 Å². The van der Waals surface area contributed by atoms with Crippen LogP contribution in [-0.4, -0.2) is 36.0 Å². The van der Waals surface area contributed by atoms with Crippen LogP contribution in [0.15, 0.2) is 36.4 Å².